The first-order chi connectivity index (χ1) is 10.2. The van der Waals surface area contributed by atoms with Crippen molar-refractivity contribution < 1.29 is 19.1 Å². The summed E-state index contributed by atoms with van der Waals surface area (Å²) in [6.07, 6.45) is 5.23. The van der Waals surface area contributed by atoms with Gasteiger partial charge < -0.3 is 9.47 Å². The standard InChI is InChI=1S/C16H17NO4/c1-20-13-8-7-10(9-14(13)21-2)17-15(18)11-5-3-4-6-12(11)16(17)19/h3-4,7-9,11-12H,5-6H2,1-2H3/t11-,12-/m1/s1. The molecule has 1 aliphatic heterocycles. The maximum absolute atomic E-state index is 12.5. The average Bonchev–Trinajstić information content (AvgIpc) is 2.78. The van der Waals surface area contributed by atoms with E-state index in [0.29, 0.717) is 30.0 Å². The van der Waals surface area contributed by atoms with Crippen LogP contribution in [0.4, 0.5) is 5.69 Å². The number of methoxy groups -OCH3 is 2. The molecule has 0 saturated carbocycles. The number of nitrogens with zero attached hydrogens (tertiary/aromatic N) is 1. The van der Waals surface area contributed by atoms with Crippen molar-refractivity contribution >= 4 is 17.5 Å². The van der Waals surface area contributed by atoms with Gasteiger partial charge in [0.1, 0.15) is 0 Å². The van der Waals surface area contributed by atoms with E-state index in [9.17, 15) is 9.59 Å². The number of hydrogen-bond acceptors (Lipinski definition) is 4. The molecule has 0 spiro atoms. The number of anilines is 1. The number of imide groups is 1. The van der Waals surface area contributed by atoms with E-state index in [0.717, 1.165) is 0 Å². The lowest BCUT2D eigenvalue weighted by Gasteiger charge is -2.17. The molecule has 1 aliphatic carbocycles. The third-order valence-electron chi connectivity index (χ3n) is 4.13. The van der Waals surface area contributed by atoms with Crippen LogP contribution >= 0.6 is 0 Å². The van der Waals surface area contributed by atoms with Crippen LogP contribution in [0.2, 0.25) is 0 Å². The van der Waals surface area contributed by atoms with E-state index < -0.39 is 0 Å². The van der Waals surface area contributed by atoms with E-state index in [1.165, 1.54) is 12.0 Å². The number of hydrogen-bond donors (Lipinski definition) is 0. The van der Waals surface area contributed by atoms with Crippen LogP contribution in [0.25, 0.3) is 0 Å². The summed E-state index contributed by atoms with van der Waals surface area (Å²) < 4.78 is 10.4. The third-order valence-corrected chi connectivity index (χ3v) is 4.13. The second-order valence-electron chi connectivity index (χ2n) is 5.21. The molecule has 21 heavy (non-hydrogen) atoms. The van der Waals surface area contributed by atoms with Crippen LogP contribution in [0.3, 0.4) is 0 Å². The van der Waals surface area contributed by atoms with Crippen molar-refractivity contribution in [2.45, 2.75) is 12.8 Å². The zero-order valence-corrected chi connectivity index (χ0v) is 12.0. The van der Waals surface area contributed by atoms with Gasteiger partial charge in [-0.05, 0) is 25.0 Å². The minimum Gasteiger partial charge on any atom is -0.493 e. The highest BCUT2D eigenvalue weighted by Gasteiger charge is 2.47. The van der Waals surface area contributed by atoms with Crippen LogP contribution in [0, 0.1) is 11.8 Å². The molecule has 1 aromatic rings. The van der Waals surface area contributed by atoms with Crippen molar-refractivity contribution in [1.82, 2.24) is 0 Å². The van der Waals surface area contributed by atoms with Gasteiger partial charge in [-0.15, -0.1) is 0 Å². The van der Waals surface area contributed by atoms with Crippen LogP contribution in [0.15, 0.2) is 30.4 Å². The largest absolute Gasteiger partial charge is 0.493 e. The summed E-state index contributed by atoms with van der Waals surface area (Å²) in [6.45, 7) is 0. The fraction of sp³-hybridized carbons (Fsp3) is 0.375. The Morgan fingerprint density at radius 3 is 2.05 bits per heavy atom. The average molecular weight is 287 g/mol. The number of allylic oxidation sites excluding steroid dienone is 2. The van der Waals surface area contributed by atoms with Gasteiger partial charge in [0.15, 0.2) is 11.5 Å². The number of carbonyl (C=O) groups is 2. The Morgan fingerprint density at radius 1 is 0.952 bits per heavy atom. The van der Waals surface area contributed by atoms with Crippen molar-refractivity contribution in [3.05, 3.63) is 30.4 Å². The lowest BCUT2D eigenvalue weighted by atomic mass is 9.85. The van der Waals surface area contributed by atoms with Crippen LogP contribution in [-0.2, 0) is 9.59 Å². The van der Waals surface area contributed by atoms with Crippen molar-refractivity contribution in [2.75, 3.05) is 19.1 Å². The Labute approximate surface area is 123 Å². The Kier molecular flexibility index (Phi) is 3.41. The lowest BCUT2D eigenvalue weighted by Crippen LogP contribution is -2.30. The molecule has 110 valence electrons. The molecule has 5 nitrogen and oxygen atoms in total. The van der Waals surface area contributed by atoms with Crippen molar-refractivity contribution in [3.8, 4) is 11.5 Å². The number of amides is 2. The molecule has 1 heterocycles. The minimum absolute atomic E-state index is 0.124. The first-order valence-electron chi connectivity index (χ1n) is 6.92. The van der Waals surface area contributed by atoms with Gasteiger partial charge in [-0.2, -0.15) is 0 Å². The van der Waals surface area contributed by atoms with Crippen LogP contribution in [-0.4, -0.2) is 26.0 Å². The van der Waals surface area contributed by atoms with Crippen molar-refractivity contribution in [1.29, 1.82) is 0 Å². The van der Waals surface area contributed by atoms with E-state index in [-0.39, 0.29) is 23.7 Å². The van der Waals surface area contributed by atoms with E-state index in [1.807, 2.05) is 12.2 Å². The smallest absolute Gasteiger partial charge is 0.238 e. The predicted molar refractivity (Wildman–Crippen MR) is 77.4 cm³/mol. The predicted octanol–water partition coefficient (Wildman–Crippen LogP) is 2.16. The Balaban J connectivity index is 1.97. The molecule has 0 bridgehead atoms. The van der Waals surface area contributed by atoms with Gasteiger partial charge in [0.25, 0.3) is 0 Å². The van der Waals surface area contributed by atoms with E-state index in [4.69, 9.17) is 9.47 Å². The van der Waals surface area contributed by atoms with Gasteiger partial charge in [0, 0.05) is 6.07 Å². The minimum atomic E-state index is -0.226. The fourth-order valence-corrected chi connectivity index (χ4v) is 3.02. The summed E-state index contributed by atoms with van der Waals surface area (Å²) in [6, 6.07) is 5.08. The van der Waals surface area contributed by atoms with E-state index >= 15 is 0 Å². The first-order valence-corrected chi connectivity index (χ1v) is 6.92. The second-order valence-corrected chi connectivity index (χ2v) is 5.21. The molecule has 2 aliphatic rings. The van der Waals surface area contributed by atoms with Gasteiger partial charge in [-0.25, -0.2) is 4.90 Å². The summed E-state index contributed by atoms with van der Waals surface area (Å²) in [7, 11) is 3.07. The van der Waals surface area contributed by atoms with Gasteiger partial charge >= 0.3 is 0 Å². The summed E-state index contributed by atoms with van der Waals surface area (Å²) in [4.78, 5) is 26.3. The Morgan fingerprint density at radius 2 is 1.52 bits per heavy atom. The van der Waals surface area contributed by atoms with Gasteiger partial charge in [0.05, 0.1) is 31.7 Å². The summed E-state index contributed by atoms with van der Waals surface area (Å²) >= 11 is 0. The molecule has 1 fully saturated rings. The monoisotopic (exact) mass is 287 g/mol. The number of ether oxygens (including phenoxy) is 2. The second kappa shape index (κ2) is 5.24. The highest BCUT2D eigenvalue weighted by atomic mass is 16.5. The van der Waals surface area contributed by atoms with Gasteiger partial charge in [-0.3, -0.25) is 9.59 Å². The summed E-state index contributed by atoms with van der Waals surface area (Å²) in [5.41, 5.74) is 0.539. The molecular weight excluding hydrogens is 270 g/mol. The molecule has 0 N–H and O–H groups in total. The summed E-state index contributed by atoms with van der Waals surface area (Å²) in [5, 5.41) is 0. The molecule has 0 radical (unpaired) electrons. The maximum atomic E-state index is 12.5. The third kappa shape index (κ3) is 2.09. The Hall–Kier alpha value is -2.30. The topological polar surface area (TPSA) is 55.8 Å². The van der Waals surface area contributed by atoms with Gasteiger partial charge in [0.2, 0.25) is 11.8 Å². The van der Waals surface area contributed by atoms with Crippen LogP contribution in [0.5, 0.6) is 11.5 Å². The number of fused-ring (bicyclic) bond motifs is 1. The molecular formula is C16H17NO4. The van der Waals surface area contributed by atoms with Crippen molar-refractivity contribution in [2.24, 2.45) is 11.8 Å². The number of rotatable bonds is 3. The molecule has 0 aromatic heterocycles. The highest BCUT2D eigenvalue weighted by Crippen LogP contribution is 2.40. The fourth-order valence-electron chi connectivity index (χ4n) is 3.02. The molecule has 0 unspecified atom stereocenters. The molecule has 2 amide bonds. The molecule has 3 rings (SSSR count). The Bertz CT molecular complexity index is 597. The lowest BCUT2D eigenvalue weighted by molar-refractivity contribution is -0.122. The number of benzene rings is 1. The SMILES string of the molecule is COc1ccc(N2C(=O)[C@@H]3CC=CC[C@H]3C2=O)cc1OC. The normalized spacial score (nSPS) is 24.2. The number of carbonyl (C=O) groups excluding carboxylic acids is 2. The highest BCUT2D eigenvalue weighted by molar-refractivity contribution is 6.22. The maximum Gasteiger partial charge on any atom is 0.238 e. The van der Waals surface area contributed by atoms with E-state index in [1.54, 1.807) is 25.3 Å². The first kappa shape index (κ1) is 13.7. The van der Waals surface area contributed by atoms with Crippen LogP contribution in [0.1, 0.15) is 12.8 Å². The van der Waals surface area contributed by atoms with Crippen LogP contribution < -0.4 is 14.4 Å². The zero-order chi connectivity index (χ0) is 15.0. The zero-order valence-electron chi connectivity index (χ0n) is 12.0. The van der Waals surface area contributed by atoms with Crippen molar-refractivity contribution in [3.63, 3.8) is 0 Å². The molecule has 1 aromatic carbocycles. The molecule has 5 heteroatoms. The summed E-state index contributed by atoms with van der Waals surface area (Å²) in [5.74, 6) is 0.373. The molecule has 2 atom stereocenters. The van der Waals surface area contributed by atoms with Gasteiger partial charge in [-0.1, -0.05) is 12.2 Å². The quantitative estimate of drug-likeness (QED) is 0.631. The molecule has 1 saturated heterocycles. The van der Waals surface area contributed by atoms with E-state index in [2.05, 4.69) is 0 Å².